The van der Waals surface area contributed by atoms with Crippen molar-refractivity contribution in [3.63, 3.8) is 0 Å². The molecule has 2 aliphatic rings. The molecule has 0 aromatic heterocycles. The van der Waals surface area contributed by atoms with E-state index in [1.54, 1.807) is 18.2 Å². The van der Waals surface area contributed by atoms with Crippen LogP contribution in [0.4, 0.5) is 10.5 Å². The number of benzene rings is 1. The molecule has 2 aliphatic heterocycles. The minimum atomic E-state index is -0.420. The molecule has 0 radical (unpaired) electrons. The molecule has 1 saturated heterocycles. The Labute approximate surface area is 128 Å². The number of amides is 4. The van der Waals surface area contributed by atoms with Gasteiger partial charge >= 0.3 is 6.03 Å². The summed E-state index contributed by atoms with van der Waals surface area (Å²) in [4.78, 5) is 37.4. The molecule has 4 amide bonds. The highest BCUT2D eigenvalue weighted by Crippen LogP contribution is 2.24. The predicted octanol–water partition coefficient (Wildman–Crippen LogP) is 2.22. The van der Waals surface area contributed by atoms with Gasteiger partial charge in [-0.1, -0.05) is 6.92 Å². The highest BCUT2D eigenvalue weighted by Gasteiger charge is 2.29. The number of hydrogen-bond donors (Lipinski definition) is 2. The minimum absolute atomic E-state index is 0.163. The molecule has 0 spiro atoms. The van der Waals surface area contributed by atoms with Gasteiger partial charge in [0.15, 0.2) is 0 Å². The average molecular weight is 301 g/mol. The van der Waals surface area contributed by atoms with Gasteiger partial charge in [-0.2, -0.15) is 0 Å². The van der Waals surface area contributed by atoms with Crippen molar-refractivity contribution in [3.8, 4) is 0 Å². The van der Waals surface area contributed by atoms with Gasteiger partial charge in [0.1, 0.15) is 0 Å². The third-order valence-corrected chi connectivity index (χ3v) is 4.37. The molecule has 0 unspecified atom stereocenters. The molecule has 6 heteroatoms. The van der Waals surface area contributed by atoms with Gasteiger partial charge in [-0.3, -0.25) is 14.9 Å². The minimum Gasteiger partial charge on any atom is -0.322 e. The lowest BCUT2D eigenvalue weighted by Gasteiger charge is -2.36. The SMILES string of the molecule is C[C@@H]1CC[C@H](C)N(C(=O)Nc2ccc3c(c2)C(=O)NC3=O)C1. The number of piperidine rings is 1. The summed E-state index contributed by atoms with van der Waals surface area (Å²) in [6.07, 6.45) is 2.13. The number of anilines is 1. The van der Waals surface area contributed by atoms with Crippen LogP contribution in [-0.2, 0) is 0 Å². The lowest BCUT2D eigenvalue weighted by atomic mass is 9.95. The van der Waals surface area contributed by atoms with Crippen LogP contribution in [-0.4, -0.2) is 35.3 Å². The summed E-state index contributed by atoms with van der Waals surface area (Å²) in [7, 11) is 0. The van der Waals surface area contributed by atoms with Crippen molar-refractivity contribution in [2.75, 3.05) is 11.9 Å². The number of hydrogen-bond acceptors (Lipinski definition) is 3. The molecule has 2 heterocycles. The Morgan fingerprint density at radius 1 is 1.18 bits per heavy atom. The topological polar surface area (TPSA) is 78.5 Å². The fourth-order valence-electron chi connectivity index (χ4n) is 3.01. The van der Waals surface area contributed by atoms with Crippen molar-refractivity contribution >= 4 is 23.5 Å². The van der Waals surface area contributed by atoms with E-state index in [-0.39, 0.29) is 12.1 Å². The van der Waals surface area contributed by atoms with Crippen LogP contribution in [0.5, 0.6) is 0 Å². The van der Waals surface area contributed by atoms with Gasteiger partial charge in [-0.25, -0.2) is 4.79 Å². The smallest absolute Gasteiger partial charge is 0.322 e. The van der Waals surface area contributed by atoms with E-state index < -0.39 is 11.8 Å². The van der Waals surface area contributed by atoms with E-state index in [1.807, 2.05) is 11.8 Å². The predicted molar refractivity (Wildman–Crippen MR) is 81.8 cm³/mol. The molecular formula is C16H19N3O3. The number of fused-ring (bicyclic) bond motifs is 1. The Morgan fingerprint density at radius 2 is 1.91 bits per heavy atom. The highest BCUT2D eigenvalue weighted by molar-refractivity contribution is 6.22. The third kappa shape index (κ3) is 2.56. The molecular weight excluding hydrogens is 282 g/mol. The van der Waals surface area contributed by atoms with Crippen LogP contribution >= 0.6 is 0 Å². The fraction of sp³-hybridized carbons (Fsp3) is 0.438. The van der Waals surface area contributed by atoms with E-state index in [0.29, 0.717) is 22.7 Å². The van der Waals surface area contributed by atoms with E-state index in [2.05, 4.69) is 17.6 Å². The Morgan fingerprint density at radius 3 is 2.68 bits per heavy atom. The van der Waals surface area contributed by atoms with Gasteiger partial charge in [0.05, 0.1) is 11.1 Å². The first-order valence-electron chi connectivity index (χ1n) is 7.53. The number of nitrogens with zero attached hydrogens (tertiary/aromatic N) is 1. The molecule has 2 N–H and O–H groups in total. The van der Waals surface area contributed by atoms with Gasteiger partial charge in [-0.15, -0.1) is 0 Å². The maximum absolute atomic E-state index is 12.4. The van der Waals surface area contributed by atoms with E-state index >= 15 is 0 Å². The second-order valence-corrected chi connectivity index (χ2v) is 6.16. The van der Waals surface area contributed by atoms with Crippen LogP contribution in [0.3, 0.4) is 0 Å². The summed E-state index contributed by atoms with van der Waals surface area (Å²) in [5, 5.41) is 5.06. The van der Waals surface area contributed by atoms with Crippen LogP contribution in [0.1, 0.15) is 47.4 Å². The molecule has 22 heavy (non-hydrogen) atoms. The van der Waals surface area contributed by atoms with E-state index in [1.165, 1.54) is 0 Å². The standard InChI is InChI=1S/C16H19N3O3/c1-9-3-4-10(2)19(8-9)16(22)17-11-5-6-12-13(7-11)15(21)18-14(12)20/h5-7,9-10H,3-4,8H2,1-2H3,(H,17,22)(H,18,20,21)/t9-,10+/m1/s1. The van der Waals surface area contributed by atoms with Crippen molar-refractivity contribution in [1.29, 1.82) is 0 Å². The molecule has 2 atom stereocenters. The van der Waals surface area contributed by atoms with Crippen molar-refractivity contribution < 1.29 is 14.4 Å². The molecule has 0 aliphatic carbocycles. The van der Waals surface area contributed by atoms with E-state index in [4.69, 9.17) is 0 Å². The number of imide groups is 1. The third-order valence-electron chi connectivity index (χ3n) is 4.37. The van der Waals surface area contributed by atoms with Gasteiger partial charge in [-0.05, 0) is 43.9 Å². The van der Waals surface area contributed by atoms with Crippen LogP contribution < -0.4 is 10.6 Å². The summed E-state index contributed by atoms with van der Waals surface area (Å²) in [5.41, 5.74) is 1.19. The Bertz CT molecular complexity index is 656. The van der Waals surface area contributed by atoms with Gasteiger partial charge in [0, 0.05) is 18.3 Å². The number of rotatable bonds is 1. The second kappa shape index (κ2) is 5.44. The van der Waals surface area contributed by atoms with Crippen LogP contribution in [0.15, 0.2) is 18.2 Å². The molecule has 1 fully saturated rings. The lowest BCUT2D eigenvalue weighted by Crippen LogP contribution is -2.46. The lowest BCUT2D eigenvalue weighted by molar-refractivity contribution is 0.0879. The fourth-order valence-corrected chi connectivity index (χ4v) is 3.01. The quantitative estimate of drug-likeness (QED) is 0.781. The van der Waals surface area contributed by atoms with E-state index in [9.17, 15) is 14.4 Å². The summed E-state index contributed by atoms with van der Waals surface area (Å²) in [6, 6.07) is 4.80. The highest BCUT2D eigenvalue weighted by atomic mass is 16.2. The molecule has 116 valence electrons. The largest absolute Gasteiger partial charge is 0.322 e. The normalized spacial score (nSPS) is 24.0. The van der Waals surface area contributed by atoms with E-state index in [0.717, 1.165) is 19.4 Å². The number of carbonyl (C=O) groups is 3. The zero-order chi connectivity index (χ0) is 15.9. The van der Waals surface area contributed by atoms with Crippen molar-refractivity contribution in [2.45, 2.75) is 32.7 Å². The Hall–Kier alpha value is -2.37. The first kappa shape index (κ1) is 14.6. The molecule has 0 saturated carbocycles. The van der Waals surface area contributed by atoms with Crippen molar-refractivity contribution in [3.05, 3.63) is 29.3 Å². The van der Waals surface area contributed by atoms with Crippen molar-refractivity contribution in [2.24, 2.45) is 5.92 Å². The summed E-state index contributed by atoms with van der Waals surface area (Å²) >= 11 is 0. The first-order chi connectivity index (χ1) is 10.5. The van der Waals surface area contributed by atoms with Gasteiger partial charge < -0.3 is 10.2 Å². The molecule has 6 nitrogen and oxygen atoms in total. The number of carbonyl (C=O) groups excluding carboxylic acids is 3. The molecule has 1 aromatic rings. The Balaban J connectivity index is 1.76. The second-order valence-electron chi connectivity index (χ2n) is 6.16. The maximum atomic E-state index is 12.4. The molecule has 0 bridgehead atoms. The van der Waals surface area contributed by atoms with Crippen LogP contribution in [0.2, 0.25) is 0 Å². The Kier molecular flexibility index (Phi) is 3.60. The number of urea groups is 1. The number of nitrogens with one attached hydrogen (secondary N) is 2. The van der Waals surface area contributed by atoms with Crippen LogP contribution in [0.25, 0.3) is 0 Å². The zero-order valence-corrected chi connectivity index (χ0v) is 12.7. The van der Waals surface area contributed by atoms with Gasteiger partial charge in [0.2, 0.25) is 0 Å². The van der Waals surface area contributed by atoms with Crippen LogP contribution in [0, 0.1) is 5.92 Å². The maximum Gasteiger partial charge on any atom is 0.322 e. The summed E-state index contributed by atoms with van der Waals surface area (Å²) in [5.74, 6) is -0.321. The number of likely N-dealkylation sites (tertiary alicyclic amines) is 1. The van der Waals surface area contributed by atoms with Crippen molar-refractivity contribution in [1.82, 2.24) is 10.2 Å². The monoisotopic (exact) mass is 301 g/mol. The first-order valence-corrected chi connectivity index (χ1v) is 7.53. The molecule has 1 aromatic carbocycles. The summed E-state index contributed by atoms with van der Waals surface area (Å²) < 4.78 is 0. The summed E-state index contributed by atoms with van der Waals surface area (Å²) in [6.45, 7) is 4.91. The average Bonchev–Trinajstić information content (AvgIpc) is 2.76. The molecule has 3 rings (SSSR count). The zero-order valence-electron chi connectivity index (χ0n) is 12.7. The van der Waals surface area contributed by atoms with Gasteiger partial charge in [0.25, 0.3) is 11.8 Å².